The van der Waals surface area contributed by atoms with Crippen LogP contribution in [0.2, 0.25) is 0 Å². The molecule has 12 rings (SSSR count). The van der Waals surface area contributed by atoms with Gasteiger partial charge in [-0.2, -0.15) is 10.5 Å². The quantitative estimate of drug-likeness (QED) is 0.0158. The molecule has 574 valence electrons. The van der Waals surface area contributed by atoms with Gasteiger partial charge < -0.3 is 42.8 Å². The minimum atomic E-state index is -4.90. The average molecular weight is 1540 g/mol. The van der Waals surface area contributed by atoms with Crippen LogP contribution in [-0.4, -0.2) is 135 Å². The standard InChI is InChI=1S/C81H88N10O17P2/c1-52(2)91(53(3)4)109(102-42-16-40-82)107-68-44-72(89-46-54(5)78(94)88-80(89)96)106-71(68)49-104-110(97,103-43-17-41-83)108-69-45-73(105-70(69)48-101-81(57-18-9-8-10-19-57,58-31-36-61(98-6)37-32-58)59-33-38-62(99-7)39-34-59)90-51-86-75-76(84-50-85-77(75)90)87-79(95)56-29-26-55(27-30-56)28-35-60(92)20-15-25-74(93)100-47-67-65-23-13-11-21-63(65)64-22-12-14-24-66(64)67/h8-14,18-19,21-24,26-27,29-34,36-39,46,50-53,67-73H,15-17,20,25,28,35,42-45,47-49H2,1-7H3,(H,88,94,96)(H,84,85,87,95)/t68-,69-,70-,71-,72-,73-,109?,110?/m1/s1. The van der Waals surface area contributed by atoms with Gasteiger partial charge >= 0.3 is 19.5 Å². The number of carbonyl (C=O) groups excluding carboxylic acids is 3. The summed E-state index contributed by atoms with van der Waals surface area (Å²) in [5, 5.41) is 22.3. The predicted octanol–water partition coefficient (Wildman–Crippen LogP) is 13.7. The Balaban J connectivity index is 0.785. The first-order chi connectivity index (χ1) is 53.3. The number of ketones is 1. The summed E-state index contributed by atoms with van der Waals surface area (Å²) in [7, 11) is -3.68. The number of hydrogen-bond acceptors (Lipinski definition) is 23. The number of amides is 1. The van der Waals surface area contributed by atoms with Crippen LogP contribution in [0.4, 0.5) is 5.82 Å². The molecular weight excluding hydrogens is 1450 g/mol. The number of rotatable bonds is 37. The molecular formula is C81H88N10O17P2. The second kappa shape index (κ2) is 36.7. The third-order valence-corrected chi connectivity index (χ3v) is 23.1. The van der Waals surface area contributed by atoms with E-state index < -0.39 is 89.2 Å². The van der Waals surface area contributed by atoms with Crippen molar-refractivity contribution in [2.75, 3.05) is 52.6 Å². The molecule has 9 aromatic rings. The van der Waals surface area contributed by atoms with E-state index in [9.17, 15) is 34.5 Å². The van der Waals surface area contributed by atoms with E-state index in [-0.39, 0.29) is 117 Å². The monoisotopic (exact) mass is 1530 g/mol. The van der Waals surface area contributed by atoms with Crippen LogP contribution in [0.3, 0.4) is 0 Å². The van der Waals surface area contributed by atoms with Gasteiger partial charge in [0.1, 0.15) is 66.6 Å². The molecule has 29 heteroatoms. The number of hydrogen-bond donors (Lipinski definition) is 2. The number of aryl methyl sites for hydroxylation is 2. The molecule has 2 saturated heterocycles. The second-order valence-corrected chi connectivity index (χ2v) is 30.4. The summed E-state index contributed by atoms with van der Waals surface area (Å²) in [6.07, 6.45) is -1.24. The van der Waals surface area contributed by atoms with Gasteiger partial charge in [0.15, 0.2) is 17.0 Å². The van der Waals surface area contributed by atoms with Gasteiger partial charge in [-0.1, -0.05) is 115 Å². The van der Waals surface area contributed by atoms with Gasteiger partial charge in [0.05, 0.1) is 78.1 Å². The number of nitriles is 2. The molecule has 3 aliphatic rings. The van der Waals surface area contributed by atoms with E-state index >= 15 is 4.57 Å². The Bertz CT molecular complexity index is 4830. The Kier molecular flexibility index (Phi) is 26.6. The Morgan fingerprint density at radius 3 is 1.94 bits per heavy atom. The summed E-state index contributed by atoms with van der Waals surface area (Å²) < 4.78 is 91.1. The number of esters is 1. The number of aromatic amines is 1. The summed E-state index contributed by atoms with van der Waals surface area (Å²) in [6, 6.07) is 51.6. The molecule has 3 aromatic heterocycles. The molecule has 0 spiro atoms. The van der Waals surface area contributed by atoms with Crippen LogP contribution < -0.4 is 26.0 Å². The van der Waals surface area contributed by atoms with Crippen molar-refractivity contribution in [3.63, 3.8) is 0 Å². The molecule has 1 aliphatic carbocycles. The zero-order chi connectivity index (χ0) is 77.5. The van der Waals surface area contributed by atoms with Crippen molar-refractivity contribution in [3.05, 3.63) is 236 Å². The Hall–Kier alpha value is -9.96. The van der Waals surface area contributed by atoms with Crippen molar-refractivity contribution in [2.45, 2.75) is 153 Å². The number of benzene rings is 6. The molecule has 2 aliphatic heterocycles. The largest absolute Gasteiger partial charge is 0.497 e. The van der Waals surface area contributed by atoms with Crippen molar-refractivity contribution in [2.24, 2.45) is 0 Å². The maximum absolute atomic E-state index is 15.9. The van der Waals surface area contributed by atoms with Crippen LogP contribution in [0, 0.1) is 29.6 Å². The first-order valence-corrected chi connectivity index (χ1v) is 39.1. The predicted molar refractivity (Wildman–Crippen MR) is 408 cm³/mol. The van der Waals surface area contributed by atoms with Crippen LogP contribution in [0.15, 0.2) is 180 Å². The molecule has 0 bridgehead atoms. The van der Waals surface area contributed by atoms with E-state index in [1.807, 2.05) is 142 Å². The topological polar surface area (TPSA) is 331 Å². The molecule has 2 N–H and O–H groups in total. The molecule has 2 fully saturated rings. The van der Waals surface area contributed by atoms with Gasteiger partial charge in [-0.05, 0) is 128 Å². The van der Waals surface area contributed by atoms with Crippen molar-refractivity contribution in [1.29, 1.82) is 10.5 Å². The lowest BCUT2D eigenvalue weighted by molar-refractivity contribution is -0.144. The van der Waals surface area contributed by atoms with Crippen molar-refractivity contribution >= 4 is 51.0 Å². The van der Waals surface area contributed by atoms with E-state index in [2.05, 4.69) is 50.6 Å². The number of nitrogens with one attached hydrogen (secondary N) is 2. The lowest BCUT2D eigenvalue weighted by Crippen LogP contribution is -2.38. The fourth-order valence-corrected chi connectivity index (χ4v) is 17.2. The minimum absolute atomic E-state index is 0.00314. The smallest absolute Gasteiger partial charge is 0.475 e. The summed E-state index contributed by atoms with van der Waals surface area (Å²) in [4.78, 5) is 82.4. The molecule has 0 saturated carbocycles. The van der Waals surface area contributed by atoms with E-state index in [1.165, 1.54) is 23.4 Å². The first kappa shape index (κ1) is 79.6. The molecule has 2 unspecified atom stereocenters. The number of H-pyrrole nitrogens is 1. The van der Waals surface area contributed by atoms with Gasteiger partial charge in [-0.15, -0.1) is 0 Å². The Morgan fingerprint density at radius 2 is 1.30 bits per heavy atom. The van der Waals surface area contributed by atoms with Gasteiger partial charge in [-0.3, -0.25) is 46.9 Å². The Morgan fingerprint density at radius 1 is 0.700 bits per heavy atom. The number of nitrogens with zero attached hydrogens (tertiary/aromatic N) is 8. The molecule has 110 heavy (non-hydrogen) atoms. The first-order valence-electron chi connectivity index (χ1n) is 36.5. The highest BCUT2D eigenvalue weighted by Gasteiger charge is 2.49. The number of fused-ring (bicyclic) bond motifs is 4. The van der Waals surface area contributed by atoms with Crippen LogP contribution in [0.5, 0.6) is 11.5 Å². The molecule has 1 amide bonds. The van der Waals surface area contributed by atoms with Gasteiger partial charge in [-0.25, -0.2) is 29.0 Å². The van der Waals surface area contributed by atoms with E-state index in [4.69, 9.17) is 56.0 Å². The van der Waals surface area contributed by atoms with Gasteiger partial charge in [0, 0.05) is 67.4 Å². The fraction of sp³-hybridized carbons (Fsp3) is 0.383. The zero-order valence-corrected chi connectivity index (χ0v) is 64.0. The highest BCUT2D eigenvalue weighted by molar-refractivity contribution is 7.48. The number of phosphoric acid groups is 1. The number of aromatic nitrogens is 6. The average Bonchev–Trinajstić information content (AvgIpc) is 1.44. The van der Waals surface area contributed by atoms with Gasteiger partial charge in [0.25, 0.3) is 20.0 Å². The SMILES string of the molecule is COc1ccc(C(OC[C@H]2O[C@@H](n3cnc4c(NC(=O)c5ccc(CCC(=O)CCCC(=O)OCC6c7ccccc7-c7ccccc76)cc5)ncnc43)C[C@H]2OP(=O)(OCCC#N)OC[C@H]2O[C@@H](n3cc(C)c(=O)[nH]c3=O)C[C@H]2OP(OCCC#N)N(C(C)C)C(C)C)(c2ccccc2)c2ccc(OC)cc2)cc1. The number of Topliss-reactive ketones (excluding diaryl/α,β-unsaturated/α-hetero) is 1. The molecule has 0 radical (unpaired) electrons. The molecule has 8 atom stereocenters. The summed E-state index contributed by atoms with van der Waals surface area (Å²) in [5.74, 6) is 0.367. The third kappa shape index (κ3) is 18.6. The fourth-order valence-electron chi connectivity index (χ4n) is 14.1. The molecule has 5 heterocycles. The number of imidazole rings is 1. The normalized spacial score (nSPS) is 18.4. The van der Waals surface area contributed by atoms with Gasteiger partial charge in [0.2, 0.25) is 0 Å². The zero-order valence-electron chi connectivity index (χ0n) is 62.2. The van der Waals surface area contributed by atoms with Crippen LogP contribution in [0.25, 0.3) is 22.3 Å². The highest BCUT2D eigenvalue weighted by atomic mass is 31.2. The lowest BCUT2D eigenvalue weighted by atomic mass is 9.80. The maximum atomic E-state index is 15.9. The van der Waals surface area contributed by atoms with E-state index in [0.29, 0.717) is 41.0 Å². The second-order valence-electron chi connectivity index (χ2n) is 27.3. The lowest BCUT2D eigenvalue weighted by Gasteiger charge is -2.37. The van der Waals surface area contributed by atoms with Crippen molar-refractivity contribution in [1.82, 2.24) is 33.7 Å². The number of ether oxygens (including phenoxy) is 6. The number of methoxy groups -OCH3 is 2. The van der Waals surface area contributed by atoms with E-state index in [0.717, 1.165) is 33.4 Å². The molecule has 6 aromatic carbocycles. The van der Waals surface area contributed by atoms with Crippen LogP contribution in [-0.2, 0) is 67.7 Å². The van der Waals surface area contributed by atoms with E-state index in [1.54, 1.807) is 50.0 Å². The number of phosphoric ester groups is 1. The Labute approximate surface area is 638 Å². The highest BCUT2D eigenvalue weighted by Crippen LogP contribution is 2.56. The minimum Gasteiger partial charge on any atom is -0.497 e. The summed E-state index contributed by atoms with van der Waals surface area (Å²) in [6.45, 7) is 8.49. The van der Waals surface area contributed by atoms with Crippen molar-refractivity contribution in [3.8, 4) is 34.8 Å². The number of carbonyl (C=O) groups is 3. The van der Waals surface area contributed by atoms with Crippen LogP contribution in [0.1, 0.15) is 147 Å². The third-order valence-electron chi connectivity index (χ3n) is 19.5. The maximum Gasteiger partial charge on any atom is 0.475 e. The van der Waals surface area contributed by atoms with Crippen molar-refractivity contribution < 1.29 is 70.0 Å². The summed E-state index contributed by atoms with van der Waals surface area (Å²) >= 11 is 0. The molecule has 27 nitrogen and oxygen atoms in total. The number of anilines is 1. The summed E-state index contributed by atoms with van der Waals surface area (Å²) in [5.41, 5.74) is 5.73. The van der Waals surface area contributed by atoms with Crippen LogP contribution >= 0.6 is 16.3 Å².